The molecule has 0 spiro atoms. The maximum absolute atomic E-state index is 12.9. The summed E-state index contributed by atoms with van der Waals surface area (Å²) in [4.78, 5) is 0. The van der Waals surface area contributed by atoms with Crippen LogP contribution in [0.5, 0.6) is 5.75 Å². The van der Waals surface area contributed by atoms with Gasteiger partial charge in [0.1, 0.15) is 23.9 Å². The predicted molar refractivity (Wildman–Crippen MR) is 96.3 cm³/mol. The van der Waals surface area contributed by atoms with E-state index in [0.717, 1.165) is 42.2 Å². The third-order valence-electron chi connectivity index (χ3n) is 3.99. The lowest BCUT2D eigenvalue weighted by Crippen LogP contribution is -2.83. The highest BCUT2D eigenvalue weighted by atomic mass is 35.5. The lowest BCUT2D eigenvalue weighted by Gasteiger charge is -2.04. The lowest BCUT2D eigenvalue weighted by molar-refractivity contribution is -0.671. The van der Waals surface area contributed by atoms with Crippen molar-refractivity contribution in [1.82, 2.24) is 0 Å². The van der Waals surface area contributed by atoms with Crippen molar-refractivity contribution in [3.05, 3.63) is 76.8 Å². The van der Waals surface area contributed by atoms with Crippen LogP contribution in [-0.4, -0.2) is 13.7 Å². The molecule has 25 heavy (non-hydrogen) atoms. The molecule has 0 saturated heterocycles. The van der Waals surface area contributed by atoms with E-state index in [0.29, 0.717) is 10.8 Å². The first-order valence-corrected chi connectivity index (χ1v) is 8.52. The molecule has 0 aliphatic heterocycles. The summed E-state index contributed by atoms with van der Waals surface area (Å²) >= 11 is 6.16. The van der Waals surface area contributed by atoms with Gasteiger partial charge in [0.15, 0.2) is 5.76 Å². The number of benzene rings is 2. The van der Waals surface area contributed by atoms with E-state index >= 15 is 0 Å². The number of hydrogen-bond acceptors (Lipinski definition) is 2. The van der Waals surface area contributed by atoms with Crippen LogP contribution in [0.3, 0.4) is 0 Å². The number of ether oxygens (including phenoxy) is 1. The molecule has 1 aromatic heterocycles. The SMILES string of the molecule is COc1ccc(-c2ccc(C[NH2+]CCc3ccc(F)cc3)o2)cc1Cl. The summed E-state index contributed by atoms with van der Waals surface area (Å²) in [5, 5.41) is 2.73. The van der Waals surface area contributed by atoms with Crippen LogP contribution in [-0.2, 0) is 13.0 Å². The van der Waals surface area contributed by atoms with E-state index in [2.05, 4.69) is 5.32 Å². The minimum absolute atomic E-state index is 0.200. The van der Waals surface area contributed by atoms with Gasteiger partial charge >= 0.3 is 0 Å². The van der Waals surface area contributed by atoms with Crippen molar-refractivity contribution in [2.75, 3.05) is 13.7 Å². The van der Waals surface area contributed by atoms with Gasteiger partial charge in [0.05, 0.1) is 18.7 Å². The van der Waals surface area contributed by atoms with Crippen molar-refractivity contribution in [2.45, 2.75) is 13.0 Å². The van der Waals surface area contributed by atoms with E-state index in [1.165, 1.54) is 12.1 Å². The van der Waals surface area contributed by atoms with Crippen LogP contribution < -0.4 is 10.1 Å². The Morgan fingerprint density at radius 2 is 1.88 bits per heavy atom. The molecule has 0 amide bonds. The fraction of sp³-hybridized carbons (Fsp3) is 0.200. The maximum Gasteiger partial charge on any atom is 0.158 e. The zero-order chi connectivity index (χ0) is 17.6. The molecular formula is C20H20ClFNO2+. The minimum atomic E-state index is -0.200. The molecule has 0 saturated carbocycles. The number of nitrogens with two attached hydrogens (primary N) is 1. The van der Waals surface area contributed by atoms with Gasteiger partial charge in [-0.25, -0.2) is 4.39 Å². The van der Waals surface area contributed by atoms with Crippen LogP contribution in [0.15, 0.2) is 59.0 Å². The van der Waals surface area contributed by atoms with Crippen LogP contribution >= 0.6 is 11.6 Å². The molecule has 0 aliphatic rings. The van der Waals surface area contributed by atoms with Crippen LogP contribution in [0.1, 0.15) is 11.3 Å². The number of quaternary nitrogens is 1. The second kappa shape index (κ2) is 8.19. The Labute approximate surface area is 151 Å². The summed E-state index contributed by atoms with van der Waals surface area (Å²) in [6.07, 6.45) is 0.891. The first-order chi connectivity index (χ1) is 12.2. The fourth-order valence-corrected chi connectivity index (χ4v) is 2.88. The molecule has 0 atom stereocenters. The molecule has 3 nitrogen and oxygen atoms in total. The number of furan rings is 1. The number of halogens is 2. The van der Waals surface area contributed by atoms with E-state index in [9.17, 15) is 4.39 Å². The molecular weight excluding hydrogens is 341 g/mol. The van der Waals surface area contributed by atoms with Crippen LogP contribution in [0.2, 0.25) is 5.02 Å². The topological polar surface area (TPSA) is 39.0 Å². The molecule has 0 aliphatic carbocycles. The zero-order valence-corrected chi connectivity index (χ0v) is 14.7. The Kier molecular flexibility index (Phi) is 5.74. The standard InChI is InChI=1S/C20H19ClFNO2/c1-24-20-8-4-15(12-18(20)21)19-9-7-17(25-19)13-23-11-10-14-2-5-16(22)6-3-14/h2-9,12,23H,10-11,13H2,1H3/p+1. The van der Waals surface area contributed by atoms with Gasteiger partial charge in [-0.3, -0.25) is 0 Å². The molecule has 1 heterocycles. The second-order valence-corrected chi connectivity index (χ2v) is 6.18. The molecule has 0 unspecified atom stereocenters. The average Bonchev–Trinajstić information content (AvgIpc) is 3.09. The first-order valence-electron chi connectivity index (χ1n) is 8.14. The van der Waals surface area contributed by atoms with Crippen LogP contribution in [0, 0.1) is 5.82 Å². The molecule has 0 radical (unpaired) electrons. The zero-order valence-electron chi connectivity index (χ0n) is 14.0. The Hall–Kier alpha value is -2.30. The molecule has 130 valence electrons. The van der Waals surface area contributed by atoms with Gasteiger partial charge in [-0.15, -0.1) is 0 Å². The summed E-state index contributed by atoms with van der Waals surface area (Å²) in [6, 6.07) is 16.1. The lowest BCUT2D eigenvalue weighted by atomic mass is 10.1. The maximum atomic E-state index is 12.9. The van der Waals surface area contributed by atoms with Crippen molar-refractivity contribution in [1.29, 1.82) is 0 Å². The van der Waals surface area contributed by atoms with E-state index in [1.807, 2.05) is 42.5 Å². The van der Waals surface area contributed by atoms with Crippen LogP contribution in [0.25, 0.3) is 11.3 Å². The van der Waals surface area contributed by atoms with E-state index in [1.54, 1.807) is 7.11 Å². The van der Waals surface area contributed by atoms with Crippen molar-refractivity contribution in [2.24, 2.45) is 0 Å². The van der Waals surface area contributed by atoms with Crippen molar-refractivity contribution >= 4 is 11.6 Å². The van der Waals surface area contributed by atoms with Crippen molar-refractivity contribution < 1.29 is 18.9 Å². The number of hydrogen-bond donors (Lipinski definition) is 1. The summed E-state index contributed by atoms with van der Waals surface area (Å²) in [6.45, 7) is 1.67. The third-order valence-corrected chi connectivity index (χ3v) is 4.29. The largest absolute Gasteiger partial charge is 0.495 e. The van der Waals surface area contributed by atoms with Gasteiger partial charge in [0.2, 0.25) is 0 Å². The molecule has 0 fully saturated rings. The van der Waals surface area contributed by atoms with E-state index in [4.69, 9.17) is 20.8 Å². The van der Waals surface area contributed by atoms with Gasteiger partial charge in [0, 0.05) is 12.0 Å². The normalized spacial score (nSPS) is 10.8. The Bertz CT molecular complexity index is 830. The Morgan fingerprint density at radius 1 is 1.08 bits per heavy atom. The highest BCUT2D eigenvalue weighted by Crippen LogP contribution is 2.30. The first kappa shape index (κ1) is 17.5. The Balaban J connectivity index is 1.53. The smallest absolute Gasteiger partial charge is 0.158 e. The molecule has 3 aromatic rings. The molecule has 3 rings (SSSR count). The quantitative estimate of drug-likeness (QED) is 0.645. The predicted octanol–water partition coefficient (Wildman–Crippen LogP) is 4.05. The molecule has 5 heteroatoms. The average molecular weight is 361 g/mol. The summed E-state index contributed by atoms with van der Waals surface area (Å²) in [5.41, 5.74) is 2.05. The molecule has 2 aromatic carbocycles. The van der Waals surface area contributed by atoms with Gasteiger partial charge in [-0.2, -0.15) is 0 Å². The van der Waals surface area contributed by atoms with Gasteiger partial charge in [-0.1, -0.05) is 23.7 Å². The van der Waals surface area contributed by atoms with Crippen molar-refractivity contribution in [3.8, 4) is 17.1 Å². The number of methoxy groups -OCH3 is 1. The minimum Gasteiger partial charge on any atom is -0.495 e. The summed E-state index contributed by atoms with van der Waals surface area (Å²) < 4.78 is 23.9. The van der Waals surface area contributed by atoms with Gasteiger partial charge < -0.3 is 14.5 Å². The van der Waals surface area contributed by atoms with Gasteiger partial charge in [-0.05, 0) is 48.0 Å². The summed E-state index contributed by atoms with van der Waals surface area (Å²) in [7, 11) is 1.59. The van der Waals surface area contributed by atoms with Crippen molar-refractivity contribution in [3.63, 3.8) is 0 Å². The van der Waals surface area contributed by atoms with E-state index < -0.39 is 0 Å². The van der Waals surface area contributed by atoms with Gasteiger partial charge in [0.25, 0.3) is 0 Å². The second-order valence-electron chi connectivity index (χ2n) is 5.77. The summed E-state index contributed by atoms with van der Waals surface area (Å²) in [5.74, 6) is 2.13. The molecule has 0 bridgehead atoms. The Morgan fingerprint density at radius 3 is 2.60 bits per heavy atom. The fourth-order valence-electron chi connectivity index (χ4n) is 2.63. The number of rotatable bonds is 7. The monoisotopic (exact) mass is 360 g/mol. The molecule has 2 N–H and O–H groups in total. The highest BCUT2D eigenvalue weighted by Gasteiger charge is 2.09. The van der Waals surface area contributed by atoms with E-state index in [-0.39, 0.29) is 5.82 Å². The third kappa shape index (κ3) is 4.62. The highest BCUT2D eigenvalue weighted by molar-refractivity contribution is 6.32. The van der Waals surface area contributed by atoms with Crippen LogP contribution in [0.4, 0.5) is 4.39 Å².